The Morgan fingerprint density at radius 3 is 2.73 bits per heavy atom. The summed E-state index contributed by atoms with van der Waals surface area (Å²) in [5.41, 5.74) is 1.12. The van der Waals surface area contributed by atoms with Crippen molar-refractivity contribution in [1.29, 1.82) is 0 Å². The monoisotopic (exact) mass is 205 g/mol. The molecule has 0 fully saturated rings. The molecule has 1 N–H and O–H groups in total. The number of hydrogen-bond acceptors (Lipinski definition) is 2. The largest absolute Gasteiger partial charge is 0.496 e. The van der Waals surface area contributed by atoms with Crippen LogP contribution >= 0.6 is 0 Å². The quantitative estimate of drug-likeness (QED) is 0.798. The Bertz CT molecular complexity index is 318. The van der Waals surface area contributed by atoms with E-state index in [1.54, 1.807) is 7.11 Å². The van der Waals surface area contributed by atoms with Crippen molar-refractivity contribution in [1.82, 2.24) is 5.32 Å². The summed E-state index contributed by atoms with van der Waals surface area (Å²) in [6.45, 7) is 5.16. The highest BCUT2D eigenvalue weighted by Crippen LogP contribution is 2.18. The Balaban J connectivity index is 2.55. The molecule has 0 saturated heterocycles. The Morgan fingerprint density at radius 2 is 2.07 bits per heavy atom. The highest BCUT2D eigenvalue weighted by atomic mass is 16.5. The van der Waals surface area contributed by atoms with Crippen molar-refractivity contribution in [2.24, 2.45) is 0 Å². The van der Waals surface area contributed by atoms with E-state index in [9.17, 15) is 0 Å². The Labute approximate surface area is 92.0 Å². The van der Waals surface area contributed by atoms with E-state index in [0.717, 1.165) is 17.9 Å². The molecule has 0 saturated carbocycles. The first-order valence-electron chi connectivity index (χ1n) is 5.27. The van der Waals surface area contributed by atoms with Gasteiger partial charge < -0.3 is 10.1 Å². The lowest BCUT2D eigenvalue weighted by molar-refractivity contribution is 0.414. The van der Waals surface area contributed by atoms with Crippen molar-refractivity contribution in [3.63, 3.8) is 0 Å². The van der Waals surface area contributed by atoms with Crippen molar-refractivity contribution < 1.29 is 4.74 Å². The SMILES string of the molecule is COc1ccccc1/C=C/CNC(C)C. The summed E-state index contributed by atoms with van der Waals surface area (Å²) in [6.07, 6.45) is 4.19. The molecule has 0 atom stereocenters. The number of rotatable bonds is 5. The van der Waals surface area contributed by atoms with Crippen LogP contribution in [0.3, 0.4) is 0 Å². The van der Waals surface area contributed by atoms with Gasteiger partial charge in [0.25, 0.3) is 0 Å². The first-order valence-corrected chi connectivity index (χ1v) is 5.27. The van der Waals surface area contributed by atoms with Gasteiger partial charge >= 0.3 is 0 Å². The van der Waals surface area contributed by atoms with Crippen LogP contribution in [0.25, 0.3) is 6.08 Å². The third-order valence-corrected chi connectivity index (χ3v) is 2.08. The predicted octanol–water partition coefficient (Wildman–Crippen LogP) is 2.71. The second kappa shape index (κ2) is 6.25. The predicted molar refractivity (Wildman–Crippen MR) is 65.2 cm³/mol. The minimum Gasteiger partial charge on any atom is -0.496 e. The van der Waals surface area contributed by atoms with E-state index in [4.69, 9.17) is 4.74 Å². The van der Waals surface area contributed by atoms with Crippen LogP contribution < -0.4 is 10.1 Å². The van der Waals surface area contributed by atoms with Crippen LogP contribution in [0.4, 0.5) is 0 Å². The van der Waals surface area contributed by atoms with Crippen molar-refractivity contribution in [3.05, 3.63) is 35.9 Å². The van der Waals surface area contributed by atoms with Crippen LogP contribution in [0.5, 0.6) is 5.75 Å². The number of hydrogen-bond donors (Lipinski definition) is 1. The van der Waals surface area contributed by atoms with E-state index >= 15 is 0 Å². The van der Waals surface area contributed by atoms with Crippen LogP contribution in [0.15, 0.2) is 30.3 Å². The molecule has 1 rings (SSSR count). The number of methoxy groups -OCH3 is 1. The normalized spacial score (nSPS) is 11.2. The number of ether oxygens (including phenoxy) is 1. The molecule has 1 aromatic rings. The molecule has 0 aliphatic carbocycles. The average Bonchev–Trinajstić information content (AvgIpc) is 2.24. The molecule has 1 aromatic carbocycles. The van der Waals surface area contributed by atoms with Crippen LogP contribution in [0.2, 0.25) is 0 Å². The van der Waals surface area contributed by atoms with Gasteiger partial charge in [-0.1, -0.05) is 44.2 Å². The molecule has 0 radical (unpaired) electrons. The first kappa shape index (κ1) is 11.8. The third kappa shape index (κ3) is 4.17. The fourth-order valence-electron chi connectivity index (χ4n) is 1.29. The minimum absolute atomic E-state index is 0.521. The standard InChI is InChI=1S/C13H19NO/c1-11(2)14-10-6-8-12-7-4-5-9-13(12)15-3/h4-9,11,14H,10H2,1-3H3/b8-6+. The highest BCUT2D eigenvalue weighted by molar-refractivity contribution is 5.57. The molecule has 15 heavy (non-hydrogen) atoms. The Morgan fingerprint density at radius 1 is 1.33 bits per heavy atom. The van der Waals surface area contributed by atoms with Crippen LogP contribution in [-0.4, -0.2) is 19.7 Å². The van der Waals surface area contributed by atoms with Crippen molar-refractivity contribution >= 4 is 6.08 Å². The lowest BCUT2D eigenvalue weighted by atomic mass is 10.2. The fraction of sp³-hybridized carbons (Fsp3) is 0.385. The van der Waals surface area contributed by atoms with Gasteiger partial charge in [-0.2, -0.15) is 0 Å². The second-order valence-electron chi connectivity index (χ2n) is 3.71. The van der Waals surface area contributed by atoms with Gasteiger partial charge in [0, 0.05) is 18.2 Å². The van der Waals surface area contributed by atoms with Crippen molar-refractivity contribution in [3.8, 4) is 5.75 Å². The molecule has 0 heterocycles. The highest BCUT2D eigenvalue weighted by Gasteiger charge is 1.95. The first-order chi connectivity index (χ1) is 7.24. The van der Waals surface area contributed by atoms with E-state index in [2.05, 4.69) is 31.3 Å². The van der Waals surface area contributed by atoms with E-state index in [0.29, 0.717) is 6.04 Å². The van der Waals surface area contributed by atoms with Crippen LogP contribution in [0.1, 0.15) is 19.4 Å². The van der Waals surface area contributed by atoms with Gasteiger partial charge in [0.05, 0.1) is 7.11 Å². The third-order valence-electron chi connectivity index (χ3n) is 2.08. The molecule has 0 unspecified atom stereocenters. The van der Waals surface area contributed by atoms with Gasteiger partial charge in [-0.25, -0.2) is 0 Å². The Hall–Kier alpha value is -1.28. The summed E-state index contributed by atoms with van der Waals surface area (Å²) < 4.78 is 5.25. The number of para-hydroxylation sites is 1. The van der Waals surface area contributed by atoms with Gasteiger partial charge in [0.15, 0.2) is 0 Å². The molecular formula is C13H19NO. The maximum Gasteiger partial charge on any atom is 0.126 e. The summed E-state index contributed by atoms with van der Waals surface area (Å²) in [5.74, 6) is 0.915. The summed E-state index contributed by atoms with van der Waals surface area (Å²) in [6, 6.07) is 8.52. The molecule has 0 amide bonds. The van der Waals surface area contributed by atoms with Crippen molar-refractivity contribution in [2.75, 3.05) is 13.7 Å². The lowest BCUT2D eigenvalue weighted by Gasteiger charge is -2.05. The summed E-state index contributed by atoms with van der Waals surface area (Å²) in [7, 11) is 1.69. The molecule has 0 spiro atoms. The minimum atomic E-state index is 0.521. The molecular weight excluding hydrogens is 186 g/mol. The van der Waals surface area contributed by atoms with Gasteiger partial charge in [0.2, 0.25) is 0 Å². The second-order valence-corrected chi connectivity index (χ2v) is 3.71. The number of benzene rings is 1. The fourth-order valence-corrected chi connectivity index (χ4v) is 1.29. The average molecular weight is 205 g/mol. The molecule has 2 heteroatoms. The molecule has 2 nitrogen and oxygen atoms in total. The molecule has 0 bridgehead atoms. The van der Waals surface area contributed by atoms with Crippen molar-refractivity contribution in [2.45, 2.75) is 19.9 Å². The summed E-state index contributed by atoms with van der Waals surface area (Å²) in [5, 5.41) is 3.33. The topological polar surface area (TPSA) is 21.3 Å². The molecule has 82 valence electrons. The van der Waals surface area contributed by atoms with Gasteiger partial charge in [-0.05, 0) is 6.07 Å². The van der Waals surface area contributed by atoms with Gasteiger partial charge in [-0.3, -0.25) is 0 Å². The van der Waals surface area contributed by atoms with E-state index in [1.807, 2.05) is 24.3 Å². The molecule has 0 aromatic heterocycles. The zero-order chi connectivity index (χ0) is 11.1. The van der Waals surface area contributed by atoms with Gasteiger partial charge in [-0.15, -0.1) is 0 Å². The maximum absolute atomic E-state index is 5.25. The smallest absolute Gasteiger partial charge is 0.126 e. The zero-order valence-corrected chi connectivity index (χ0v) is 9.66. The number of nitrogens with one attached hydrogen (secondary N) is 1. The summed E-state index contributed by atoms with van der Waals surface area (Å²) >= 11 is 0. The lowest BCUT2D eigenvalue weighted by Crippen LogP contribution is -2.22. The van der Waals surface area contributed by atoms with E-state index in [1.165, 1.54) is 0 Å². The Kier molecular flexibility index (Phi) is 4.91. The van der Waals surface area contributed by atoms with Crippen LogP contribution in [-0.2, 0) is 0 Å². The van der Waals surface area contributed by atoms with Gasteiger partial charge in [0.1, 0.15) is 5.75 Å². The maximum atomic E-state index is 5.25. The summed E-state index contributed by atoms with van der Waals surface area (Å²) in [4.78, 5) is 0. The van der Waals surface area contributed by atoms with E-state index in [-0.39, 0.29) is 0 Å². The molecule has 0 aliphatic heterocycles. The molecule has 0 aliphatic rings. The van der Waals surface area contributed by atoms with Crippen LogP contribution in [0, 0.1) is 0 Å². The zero-order valence-electron chi connectivity index (χ0n) is 9.66. The van der Waals surface area contributed by atoms with E-state index < -0.39 is 0 Å².